The number of nitrogens with one attached hydrogen (secondary N) is 2. The standard InChI is InChI=1S/C13H17ClN2O2/c14-11-4-1-5-12(7-11)16-13(17)18-9-10-3-2-6-15-8-10/h1,4-5,7,10,15H,2-3,6,8-9H2,(H,16,17). The van der Waals surface area contributed by atoms with Gasteiger partial charge in [0.25, 0.3) is 0 Å². The van der Waals surface area contributed by atoms with E-state index in [4.69, 9.17) is 16.3 Å². The van der Waals surface area contributed by atoms with Crippen LogP contribution in [0.15, 0.2) is 24.3 Å². The molecule has 5 heteroatoms. The molecular formula is C13H17ClN2O2. The number of carbonyl (C=O) groups is 1. The molecule has 1 aromatic carbocycles. The lowest BCUT2D eigenvalue weighted by atomic mass is 10.0. The zero-order chi connectivity index (χ0) is 12.8. The van der Waals surface area contributed by atoms with Crippen molar-refractivity contribution in [2.24, 2.45) is 5.92 Å². The number of carbonyl (C=O) groups excluding carboxylic acids is 1. The third-order valence-electron chi connectivity index (χ3n) is 2.92. The summed E-state index contributed by atoms with van der Waals surface area (Å²) in [5.41, 5.74) is 0.647. The maximum absolute atomic E-state index is 11.6. The van der Waals surface area contributed by atoms with Gasteiger partial charge in [0.05, 0.1) is 6.61 Å². The van der Waals surface area contributed by atoms with E-state index in [0.29, 0.717) is 23.2 Å². The number of anilines is 1. The van der Waals surface area contributed by atoms with Crippen LogP contribution in [0.4, 0.5) is 10.5 Å². The van der Waals surface area contributed by atoms with Gasteiger partial charge in [0, 0.05) is 23.2 Å². The molecule has 0 saturated carbocycles. The molecule has 0 aromatic heterocycles. The predicted octanol–water partition coefficient (Wildman–Crippen LogP) is 2.89. The first-order valence-electron chi connectivity index (χ1n) is 6.14. The normalized spacial score (nSPS) is 19.3. The van der Waals surface area contributed by atoms with E-state index in [1.165, 1.54) is 0 Å². The summed E-state index contributed by atoms with van der Waals surface area (Å²) in [6.07, 6.45) is 1.82. The first kappa shape index (κ1) is 13.2. The molecule has 0 radical (unpaired) electrons. The fraction of sp³-hybridized carbons (Fsp3) is 0.462. The van der Waals surface area contributed by atoms with Crippen LogP contribution < -0.4 is 10.6 Å². The summed E-state index contributed by atoms with van der Waals surface area (Å²) in [6.45, 7) is 2.44. The van der Waals surface area contributed by atoms with Gasteiger partial charge in [-0.3, -0.25) is 5.32 Å². The highest BCUT2D eigenvalue weighted by Crippen LogP contribution is 2.15. The molecule has 1 aromatic rings. The molecule has 0 bridgehead atoms. The number of hydrogen-bond acceptors (Lipinski definition) is 3. The molecule has 1 amide bonds. The molecule has 18 heavy (non-hydrogen) atoms. The molecule has 0 spiro atoms. The number of halogens is 1. The van der Waals surface area contributed by atoms with E-state index in [-0.39, 0.29) is 0 Å². The Balaban J connectivity index is 1.74. The second kappa shape index (κ2) is 6.61. The van der Waals surface area contributed by atoms with Crippen molar-refractivity contribution in [1.29, 1.82) is 0 Å². The minimum Gasteiger partial charge on any atom is -0.449 e. The SMILES string of the molecule is O=C(Nc1cccc(Cl)c1)OCC1CCCNC1. The Morgan fingerprint density at radius 2 is 2.44 bits per heavy atom. The quantitative estimate of drug-likeness (QED) is 0.886. The molecule has 1 aliphatic heterocycles. The van der Waals surface area contributed by atoms with Gasteiger partial charge in [0.15, 0.2) is 0 Å². The number of piperidine rings is 1. The number of amides is 1. The third-order valence-corrected chi connectivity index (χ3v) is 3.16. The smallest absolute Gasteiger partial charge is 0.411 e. The van der Waals surface area contributed by atoms with Crippen molar-refractivity contribution in [2.75, 3.05) is 25.0 Å². The topological polar surface area (TPSA) is 50.4 Å². The first-order valence-corrected chi connectivity index (χ1v) is 6.52. The lowest BCUT2D eigenvalue weighted by Crippen LogP contribution is -2.33. The average molecular weight is 269 g/mol. The third kappa shape index (κ3) is 4.20. The molecule has 2 rings (SSSR count). The van der Waals surface area contributed by atoms with Gasteiger partial charge in [0.2, 0.25) is 0 Å². The van der Waals surface area contributed by atoms with Crippen LogP contribution in [0.25, 0.3) is 0 Å². The van der Waals surface area contributed by atoms with Crippen molar-refractivity contribution >= 4 is 23.4 Å². The highest BCUT2D eigenvalue weighted by Gasteiger charge is 2.15. The summed E-state index contributed by atoms with van der Waals surface area (Å²) in [6, 6.07) is 7.00. The summed E-state index contributed by atoms with van der Waals surface area (Å²) < 4.78 is 5.19. The second-order valence-electron chi connectivity index (χ2n) is 4.45. The average Bonchev–Trinajstić information content (AvgIpc) is 2.38. The highest BCUT2D eigenvalue weighted by atomic mass is 35.5. The van der Waals surface area contributed by atoms with Crippen molar-refractivity contribution in [3.8, 4) is 0 Å². The zero-order valence-corrected chi connectivity index (χ0v) is 10.9. The molecular weight excluding hydrogens is 252 g/mol. The lowest BCUT2D eigenvalue weighted by molar-refractivity contribution is 0.132. The van der Waals surface area contributed by atoms with Crippen molar-refractivity contribution in [1.82, 2.24) is 5.32 Å². The van der Waals surface area contributed by atoms with Gasteiger partial charge in [-0.25, -0.2) is 4.79 Å². The maximum Gasteiger partial charge on any atom is 0.411 e. The Morgan fingerprint density at radius 3 is 3.17 bits per heavy atom. The van der Waals surface area contributed by atoms with Crippen LogP contribution in [0.3, 0.4) is 0 Å². The van der Waals surface area contributed by atoms with E-state index >= 15 is 0 Å². The van der Waals surface area contributed by atoms with E-state index in [0.717, 1.165) is 25.9 Å². The highest BCUT2D eigenvalue weighted by molar-refractivity contribution is 6.30. The van der Waals surface area contributed by atoms with E-state index < -0.39 is 6.09 Å². The first-order chi connectivity index (χ1) is 8.74. The van der Waals surface area contributed by atoms with Crippen LogP contribution in [0.1, 0.15) is 12.8 Å². The Morgan fingerprint density at radius 1 is 1.56 bits per heavy atom. The van der Waals surface area contributed by atoms with Crippen molar-refractivity contribution in [2.45, 2.75) is 12.8 Å². The molecule has 1 atom stereocenters. The molecule has 4 nitrogen and oxygen atoms in total. The van der Waals surface area contributed by atoms with Gasteiger partial charge >= 0.3 is 6.09 Å². The summed E-state index contributed by atoms with van der Waals surface area (Å²) in [5, 5.41) is 6.53. The van der Waals surface area contributed by atoms with E-state index in [9.17, 15) is 4.79 Å². The Bertz CT molecular complexity index is 406. The van der Waals surface area contributed by atoms with Crippen LogP contribution in [-0.4, -0.2) is 25.8 Å². The molecule has 1 unspecified atom stereocenters. The van der Waals surface area contributed by atoms with Gasteiger partial charge < -0.3 is 10.1 Å². The number of rotatable bonds is 3. The second-order valence-corrected chi connectivity index (χ2v) is 4.88. The van der Waals surface area contributed by atoms with Gasteiger partial charge in [-0.1, -0.05) is 17.7 Å². The van der Waals surface area contributed by atoms with Crippen molar-refractivity contribution in [3.05, 3.63) is 29.3 Å². The van der Waals surface area contributed by atoms with Gasteiger partial charge in [0.1, 0.15) is 0 Å². The molecule has 1 saturated heterocycles. The molecule has 1 fully saturated rings. The lowest BCUT2D eigenvalue weighted by Gasteiger charge is -2.22. The Kier molecular flexibility index (Phi) is 4.84. The van der Waals surface area contributed by atoms with Crippen LogP contribution in [0, 0.1) is 5.92 Å². The Labute approximate surface area is 112 Å². The summed E-state index contributed by atoms with van der Waals surface area (Å²) >= 11 is 5.83. The minimum atomic E-state index is -0.428. The molecule has 98 valence electrons. The van der Waals surface area contributed by atoms with Gasteiger partial charge in [-0.15, -0.1) is 0 Å². The van der Waals surface area contributed by atoms with Crippen LogP contribution in [0.2, 0.25) is 5.02 Å². The van der Waals surface area contributed by atoms with E-state index in [2.05, 4.69) is 10.6 Å². The van der Waals surface area contributed by atoms with E-state index in [1.54, 1.807) is 24.3 Å². The fourth-order valence-corrected chi connectivity index (χ4v) is 2.17. The van der Waals surface area contributed by atoms with Gasteiger partial charge in [-0.05, 0) is 37.6 Å². The number of ether oxygens (including phenoxy) is 1. The zero-order valence-electron chi connectivity index (χ0n) is 10.1. The minimum absolute atomic E-state index is 0.420. The van der Waals surface area contributed by atoms with Crippen LogP contribution in [0.5, 0.6) is 0 Å². The maximum atomic E-state index is 11.6. The van der Waals surface area contributed by atoms with E-state index in [1.807, 2.05) is 0 Å². The van der Waals surface area contributed by atoms with Crippen LogP contribution in [-0.2, 0) is 4.74 Å². The largest absolute Gasteiger partial charge is 0.449 e. The molecule has 1 aliphatic rings. The number of hydrogen-bond donors (Lipinski definition) is 2. The fourth-order valence-electron chi connectivity index (χ4n) is 1.98. The molecule has 1 heterocycles. The number of benzene rings is 1. The van der Waals surface area contributed by atoms with Gasteiger partial charge in [-0.2, -0.15) is 0 Å². The summed E-state index contributed by atoms with van der Waals surface area (Å²) in [7, 11) is 0. The molecule has 0 aliphatic carbocycles. The molecule has 2 N–H and O–H groups in total. The summed E-state index contributed by atoms with van der Waals surface area (Å²) in [5.74, 6) is 0.420. The van der Waals surface area contributed by atoms with Crippen molar-refractivity contribution in [3.63, 3.8) is 0 Å². The summed E-state index contributed by atoms with van der Waals surface area (Å²) in [4.78, 5) is 11.6. The van der Waals surface area contributed by atoms with Crippen LogP contribution >= 0.6 is 11.6 Å². The Hall–Kier alpha value is -1.26. The monoisotopic (exact) mass is 268 g/mol. The van der Waals surface area contributed by atoms with Crippen molar-refractivity contribution < 1.29 is 9.53 Å². The predicted molar refractivity (Wildman–Crippen MR) is 72.0 cm³/mol.